The number of nitrogens with two attached hydrogens (primary N) is 1. The van der Waals surface area contributed by atoms with Crippen molar-refractivity contribution in [1.82, 2.24) is 4.72 Å². The molecule has 1 aromatic heterocycles. The van der Waals surface area contributed by atoms with E-state index in [1.165, 1.54) is 6.07 Å². The summed E-state index contributed by atoms with van der Waals surface area (Å²) in [6.45, 7) is 0.853. The van der Waals surface area contributed by atoms with Crippen LogP contribution in [-0.2, 0) is 23.0 Å². The van der Waals surface area contributed by atoms with Crippen LogP contribution in [0, 0.1) is 0 Å². The molecule has 1 heterocycles. The first kappa shape index (κ1) is 15.5. The van der Waals surface area contributed by atoms with E-state index in [-0.39, 0.29) is 10.8 Å². The molecule has 0 bridgehead atoms. The molecule has 2 aromatic rings. The van der Waals surface area contributed by atoms with E-state index < -0.39 is 10.0 Å². The van der Waals surface area contributed by atoms with E-state index in [0.717, 1.165) is 28.9 Å². The maximum Gasteiger partial charge on any atom is 0.250 e. The molecular weight excluding hydrogens is 316 g/mol. The van der Waals surface area contributed by atoms with Gasteiger partial charge in [-0.05, 0) is 36.2 Å². The van der Waals surface area contributed by atoms with Gasteiger partial charge >= 0.3 is 0 Å². The Morgan fingerprint density at radius 3 is 2.30 bits per heavy atom. The fraction of sp³-hybridized carbons (Fsp3) is 0.231. The number of hydrogen-bond donors (Lipinski definition) is 2. The van der Waals surface area contributed by atoms with Crippen LogP contribution in [0.2, 0.25) is 4.34 Å². The molecule has 20 heavy (non-hydrogen) atoms. The second-order valence-corrected chi connectivity index (χ2v) is 7.95. The van der Waals surface area contributed by atoms with Crippen molar-refractivity contribution in [1.29, 1.82) is 0 Å². The predicted octanol–water partition coefficient (Wildman–Crippen LogP) is 2.38. The van der Waals surface area contributed by atoms with Crippen LogP contribution >= 0.6 is 22.9 Å². The van der Waals surface area contributed by atoms with Crippen molar-refractivity contribution < 1.29 is 8.42 Å². The molecule has 0 spiro atoms. The molecule has 4 nitrogen and oxygen atoms in total. The number of thiophene rings is 1. The Morgan fingerprint density at radius 2 is 1.75 bits per heavy atom. The third kappa shape index (κ3) is 4.04. The molecule has 0 unspecified atom stereocenters. The van der Waals surface area contributed by atoms with Gasteiger partial charge in [0.25, 0.3) is 0 Å². The van der Waals surface area contributed by atoms with Crippen molar-refractivity contribution >= 4 is 33.0 Å². The first-order valence-corrected chi connectivity index (χ1v) is 8.72. The van der Waals surface area contributed by atoms with Crippen molar-refractivity contribution in [3.63, 3.8) is 0 Å². The molecule has 0 atom stereocenters. The highest BCUT2D eigenvalue weighted by Gasteiger charge is 2.15. The first-order valence-electron chi connectivity index (χ1n) is 6.04. The minimum Gasteiger partial charge on any atom is -0.330 e. The highest BCUT2D eigenvalue weighted by Crippen LogP contribution is 2.25. The standard InChI is InChI=1S/C13H15ClN2O2S2/c14-12-5-6-13(19-12)20(17,18)16-9-11-3-1-10(2-4-11)7-8-15/h1-6,16H,7-9,15H2. The van der Waals surface area contributed by atoms with E-state index >= 15 is 0 Å². The third-order valence-electron chi connectivity index (χ3n) is 2.74. The van der Waals surface area contributed by atoms with Crippen molar-refractivity contribution in [3.05, 3.63) is 51.9 Å². The zero-order valence-electron chi connectivity index (χ0n) is 10.7. The molecule has 0 saturated carbocycles. The average Bonchev–Trinajstić information content (AvgIpc) is 2.86. The lowest BCUT2D eigenvalue weighted by Crippen LogP contribution is -2.22. The Balaban J connectivity index is 2.01. The van der Waals surface area contributed by atoms with Crippen LogP contribution in [0.4, 0.5) is 0 Å². The molecule has 0 aliphatic rings. The van der Waals surface area contributed by atoms with Gasteiger partial charge in [-0.15, -0.1) is 11.3 Å². The average molecular weight is 331 g/mol. The van der Waals surface area contributed by atoms with E-state index in [9.17, 15) is 8.42 Å². The number of rotatable bonds is 6. The van der Waals surface area contributed by atoms with Gasteiger partial charge in [-0.3, -0.25) is 0 Å². The third-order valence-corrected chi connectivity index (χ3v) is 5.86. The van der Waals surface area contributed by atoms with Gasteiger partial charge < -0.3 is 5.73 Å². The Labute approximate surface area is 127 Å². The summed E-state index contributed by atoms with van der Waals surface area (Å²) in [5, 5.41) is 0. The van der Waals surface area contributed by atoms with Crippen LogP contribution in [0.25, 0.3) is 0 Å². The summed E-state index contributed by atoms with van der Waals surface area (Å²) < 4.78 is 27.3. The van der Waals surface area contributed by atoms with E-state index in [1.54, 1.807) is 6.07 Å². The summed E-state index contributed by atoms with van der Waals surface area (Å²) in [6.07, 6.45) is 0.819. The summed E-state index contributed by atoms with van der Waals surface area (Å²) in [5.74, 6) is 0. The van der Waals surface area contributed by atoms with Gasteiger partial charge in [-0.1, -0.05) is 35.9 Å². The quantitative estimate of drug-likeness (QED) is 0.854. The maximum absolute atomic E-state index is 12.0. The smallest absolute Gasteiger partial charge is 0.250 e. The lowest BCUT2D eigenvalue weighted by molar-refractivity contribution is 0.583. The zero-order chi connectivity index (χ0) is 14.6. The SMILES string of the molecule is NCCc1ccc(CNS(=O)(=O)c2ccc(Cl)s2)cc1. The molecule has 0 amide bonds. The fourth-order valence-corrected chi connectivity index (χ4v) is 4.23. The van der Waals surface area contributed by atoms with Crippen LogP contribution < -0.4 is 10.5 Å². The lowest BCUT2D eigenvalue weighted by Gasteiger charge is -2.06. The predicted molar refractivity (Wildman–Crippen MR) is 82.6 cm³/mol. The number of nitrogens with one attached hydrogen (secondary N) is 1. The molecule has 108 valence electrons. The monoisotopic (exact) mass is 330 g/mol. The summed E-state index contributed by atoms with van der Waals surface area (Å²) >= 11 is 6.79. The maximum atomic E-state index is 12.0. The molecule has 0 radical (unpaired) electrons. The second-order valence-electron chi connectivity index (χ2n) is 4.24. The molecule has 0 fully saturated rings. The minimum absolute atomic E-state index is 0.224. The Morgan fingerprint density at radius 1 is 1.10 bits per heavy atom. The van der Waals surface area contributed by atoms with Gasteiger partial charge in [-0.2, -0.15) is 0 Å². The Kier molecular flexibility index (Phi) is 5.17. The van der Waals surface area contributed by atoms with E-state index in [4.69, 9.17) is 17.3 Å². The van der Waals surface area contributed by atoms with Crippen LogP contribution in [0.15, 0.2) is 40.6 Å². The van der Waals surface area contributed by atoms with Gasteiger partial charge in [0.2, 0.25) is 10.0 Å². The Bertz CT molecular complexity index is 666. The Hall–Kier alpha value is -0.920. The topological polar surface area (TPSA) is 72.2 Å². The first-order chi connectivity index (χ1) is 9.51. The number of halogens is 1. The fourth-order valence-electron chi connectivity index (χ4n) is 1.68. The minimum atomic E-state index is -3.49. The van der Waals surface area contributed by atoms with Crippen molar-refractivity contribution in [2.75, 3.05) is 6.54 Å². The number of sulfonamides is 1. The second kappa shape index (κ2) is 6.69. The zero-order valence-corrected chi connectivity index (χ0v) is 13.1. The summed E-state index contributed by atoms with van der Waals surface area (Å²) in [4.78, 5) is 0. The lowest BCUT2D eigenvalue weighted by atomic mass is 10.1. The molecular formula is C13H15ClN2O2S2. The van der Waals surface area contributed by atoms with Crippen LogP contribution in [0.1, 0.15) is 11.1 Å². The van der Waals surface area contributed by atoms with Gasteiger partial charge in [0, 0.05) is 6.54 Å². The van der Waals surface area contributed by atoms with Crippen LogP contribution in [0.5, 0.6) is 0 Å². The van der Waals surface area contributed by atoms with Gasteiger partial charge in [0.1, 0.15) is 4.21 Å². The molecule has 0 saturated heterocycles. The number of hydrogen-bond acceptors (Lipinski definition) is 4. The van der Waals surface area contributed by atoms with Gasteiger partial charge in [0.15, 0.2) is 0 Å². The van der Waals surface area contributed by atoms with Crippen LogP contribution in [0.3, 0.4) is 0 Å². The van der Waals surface area contributed by atoms with Gasteiger partial charge in [0.05, 0.1) is 4.34 Å². The molecule has 0 aliphatic carbocycles. The highest BCUT2D eigenvalue weighted by molar-refractivity contribution is 7.91. The highest BCUT2D eigenvalue weighted by atomic mass is 35.5. The molecule has 1 aromatic carbocycles. The van der Waals surface area contributed by atoms with Crippen molar-refractivity contribution in [2.24, 2.45) is 5.73 Å². The summed E-state index contributed by atoms with van der Waals surface area (Å²) in [6, 6.07) is 10.8. The van der Waals surface area contributed by atoms with E-state index in [2.05, 4.69) is 4.72 Å². The summed E-state index contributed by atoms with van der Waals surface area (Å²) in [7, 11) is -3.49. The number of benzene rings is 1. The molecule has 7 heteroatoms. The largest absolute Gasteiger partial charge is 0.330 e. The molecule has 0 aliphatic heterocycles. The van der Waals surface area contributed by atoms with E-state index in [1.807, 2.05) is 24.3 Å². The molecule has 2 rings (SSSR count). The van der Waals surface area contributed by atoms with Crippen molar-refractivity contribution in [3.8, 4) is 0 Å². The van der Waals surface area contributed by atoms with Crippen molar-refractivity contribution in [2.45, 2.75) is 17.2 Å². The normalized spacial score (nSPS) is 11.7. The van der Waals surface area contributed by atoms with Gasteiger partial charge in [-0.25, -0.2) is 13.1 Å². The molecule has 3 N–H and O–H groups in total. The summed E-state index contributed by atoms with van der Waals surface area (Å²) in [5.41, 5.74) is 7.52. The van der Waals surface area contributed by atoms with Crippen LogP contribution in [-0.4, -0.2) is 15.0 Å². The van der Waals surface area contributed by atoms with E-state index in [0.29, 0.717) is 10.9 Å².